The van der Waals surface area contributed by atoms with Crippen molar-refractivity contribution in [1.29, 1.82) is 0 Å². The highest BCUT2D eigenvalue weighted by atomic mass is 16.2. The highest BCUT2D eigenvalue weighted by Gasteiger charge is 2.13. The first-order valence-electron chi connectivity index (χ1n) is 7.60. The molecule has 2 amide bonds. The van der Waals surface area contributed by atoms with Gasteiger partial charge in [0.05, 0.1) is 18.3 Å². The molecule has 116 valence electrons. The van der Waals surface area contributed by atoms with Crippen molar-refractivity contribution in [1.82, 2.24) is 15.2 Å². The van der Waals surface area contributed by atoms with Gasteiger partial charge in [-0.2, -0.15) is 0 Å². The van der Waals surface area contributed by atoms with Gasteiger partial charge < -0.3 is 10.2 Å². The Bertz CT molecular complexity index is 595. The van der Waals surface area contributed by atoms with E-state index in [1.807, 2.05) is 25.1 Å². The summed E-state index contributed by atoms with van der Waals surface area (Å²) in [5.74, 6) is 0. The lowest BCUT2D eigenvalue weighted by Gasteiger charge is -2.21. The van der Waals surface area contributed by atoms with Crippen molar-refractivity contribution in [3.8, 4) is 0 Å². The summed E-state index contributed by atoms with van der Waals surface area (Å²) >= 11 is 0. The maximum absolute atomic E-state index is 12.2. The number of nitrogens with zero attached hydrogens (tertiary/aromatic N) is 2. The molecule has 0 aliphatic heterocycles. The number of aromatic nitrogens is 1. The van der Waals surface area contributed by atoms with Crippen LogP contribution in [0, 0.1) is 0 Å². The molecule has 2 rings (SSSR count). The van der Waals surface area contributed by atoms with E-state index in [9.17, 15) is 4.79 Å². The molecule has 0 saturated heterocycles. The topological polar surface area (TPSA) is 45.2 Å². The molecule has 0 aliphatic rings. The van der Waals surface area contributed by atoms with E-state index in [-0.39, 0.29) is 12.1 Å². The molecular weight excluding hydrogens is 274 g/mol. The van der Waals surface area contributed by atoms with Crippen LogP contribution in [0.1, 0.15) is 36.7 Å². The molecule has 4 heteroatoms. The third kappa shape index (κ3) is 4.32. The number of benzene rings is 1. The van der Waals surface area contributed by atoms with Gasteiger partial charge in [0.1, 0.15) is 0 Å². The minimum Gasteiger partial charge on any atom is -0.331 e. The summed E-state index contributed by atoms with van der Waals surface area (Å²) in [7, 11) is 1.77. The lowest BCUT2D eigenvalue weighted by atomic mass is 10.1. The highest BCUT2D eigenvalue weighted by Crippen LogP contribution is 2.14. The van der Waals surface area contributed by atoms with E-state index >= 15 is 0 Å². The second-order valence-corrected chi connectivity index (χ2v) is 5.44. The SMILES string of the molecule is CCc1ccc(C(C)NC(=O)N(C)Cc2ccccn2)cc1. The van der Waals surface area contributed by atoms with Gasteiger partial charge >= 0.3 is 6.03 Å². The van der Waals surface area contributed by atoms with Crippen molar-refractivity contribution in [3.63, 3.8) is 0 Å². The molecule has 1 N–H and O–H groups in total. The van der Waals surface area contributed by atoms with E-state index in [0.29, 0.717) is 6.54 Å². The molecule has 0 radical (unpaired) electrons. The molecule has 0 aliphatic carbocycles. The molecule has 2 aromatic rings. The predicted octanol–water partition coefficient (Wildman–Crippen LogP) is 3.55. The zero-order valence-electron chi connectivity index (χ0n) is 13.4. The summed E-state index contributed by atoms with van der Waals surface area (Å²) in [6.45, 7) is 4.62. The Labute approximate surface area is 132 Å². The smallest absolute Gasteiger partial charge is 0.317 e. The number of carbonyl (C=O) groups excluding carboxylic acids is 1. The first kappa shape index (κ1) is 16.0. The Kier molecular flexibility index (Phi) is 5.53. The first-order chi connectivity index (χ1) is 10.6. The van der Waals surface area contributed by atoms with E-state index in [1.165, 1.54) is 5.56 Å². The average Bonchev–Trinajstić information content (AvgIpc) is 2.55. The molecular formula is C18H23N3O. The maximum Gasteiger partial charge on any atom is 0.317 e. The number of rotatable bonds is 5. The van der Waals surface area contributed by atoms with E-state index in [1.54, 1.807) is 18.1 Å². The van der Waals surface area contributed by atoms with Crippen molar-refractivity contribution < 1.29 is 4.79 Å². The maximum atomic E-state index is 12.2. The molecule has 1 aromatic carbocycles. The van der Waals surface area contributed by atoms with Gasteiger partial charge in [-0.15, -0.1) is 0 Å². The van der Waals surface area contributed by atoms with Crippen LogP contribution >= 0.6 is 0 Å². The van der Waals surface area contributed by atoms with Crippen molar-refractivity contribution >= 4 is 6.03 Å². The van der Waals surface area contributed by atoms with E-state index < -0.39 is 0 Å². The third-order valence-corrected chi connectivity index (χ3v) is 3.70. The normalized spacial score (nSPS) is 11.8. The summed E-state index contributed by atoms with van der Waals surface area (Å²) in [6.07, 6.45) is 2.76. The van der Waals surface area contributed by atoms with Gasteiger partial charge in [0, 0.05) is 13.2 Å². The monoisotopic (exact) mass is 297 g/mol. The number of aryl methyl sites for hydroxylation is 1. The van der Waals surface area contributed by atoms with Gasteiger partial charge in [-0.3, -0.25) is 4.98 Å². The van der Waals surface area contributed by atoms with Crippen molar-refractivity contribution in [2.24, 2.45) is 0 Å². The van der Waals surface area contributed by atoms with E-state index in [0.717, 1.165) is 17.7 Å². The largest absolute Gasteiger partial charge is 0.331 e. The fourth-order valence-electron chi connectivity index (χ4n) is 2.23. The van der Waals surface area contributed by atoms with Crippen LogP contribution in [0.25, 0.3) is 0 Å². The molecule has 1 atom stereocenters. The fourth-order valence-corrected chi connectivity index (χ4v) is 2.23. The molecule has 1 aromatic heterocycles. The summed E-state index contributed by atoms with van der Waals surface area (Å²) in [5.41, 5.74) is 3.28. The molecule has 1 heterocycles. The number of carbonyl (C=O) groups is 1. The van der Waals surface area contributed by atoms with Crippen LogP contribution in [0.5, 0.6) is 0 Å². The van der Waals surface area contributed by atoms with Crippen LogP contribution < -0.4 is 5.32 Å². The van der Waals surface area contributed by atoms with Crippen molar-refractivity contribution in [2.45, 2.75) is 32.9 Å². The highest BCUT2D eigenvalue weighted by molar-refractivity contribution is 5.74. The number of amides is 2. The Morgan fingerprint density at radius 2 is 1.95 bits per heavy atom. The lowest BCUT2D eigenvalue weighted by molar-refractivity contribution is 0.203. The van der Waals surface area contributed by atoms with Crippen LogP contribution in [0.15, 0.2) is 48.7 Å². The Morgan fingerprint density at radius 3 is 2.55 bits per heavy atom. The van der Waals surface area contributed by atoms with Crippen LogP contribution in [-0.2, 0) is 13.0 Å². The molecule has 0 saturated carbocycles. The zero-order chi connectivity index (χ0) is 15.9. The molecule has 0 spiro atoms. The minimum atomic E-state index is -0.0993. The number of urea groups is 1. The average molecular weight is 297 g/mol. The summed E-state index contributed by atoms with van der Waals surface area (Å²) in [5, 5.41) is 3.01. The van der Waals surface area contributed by atoms with E-state index in [2.05, 4.69) is 41.5 Å². The Morgan fingerprint density at radius 1 is 1.23 bits per heavy atom. The van der Waals surface area contributed by atoms with Gasteiger partial charge in [0.15, 0.2) is 0 Å². The van der Waals surface area contributed by atoms with Crippen LogP contribution in [-0.4, -0.2) is 23.0 Å². The van der Waals surface area contributed by atoms with Crippen LogP contribution in [0.2, 0.25) is 0 Å². The lowest BCUT2D eigenvalue weighted by Crippen LogP contribution is -2.38. The predicted molar refractivity (Wildman–Crippen MR) is 88.5 cm³/mol. The van der Waals surface area contributed by atoms with Crippen LogP contribution in [0.3, 0.4) is 0 Å². The zero-order valence-corrected chi connectivity index (χ0v) is 13.4. The van der Waals surface area contributed by atoms with Gasteiger partial charge in [0.2, 0.25) is 0 Å². The van der Waals surface area contributed by atoms with Gasteiger partial charge in [0.25, 0.3) is 0 Å². The quantitative estimate of drug-likeness (QED) is 0.917. The number of pyridine rings is 1. The summed E-state index contributed by atoms with van der Waals surface area (Å²) in [4.78, 5) is 18.1. The number of nitrogens with one attached hydrogen (secondary N) is 1. The minimum absolute atomic E-state index is 0.0235. The molecule has 0 fully saturated rings. The number of hydrogen-bond donors (Lipinski definition) is 1. The van der Waals surface area contributed by atoms with Gasteiger partial charge in [-0.1, -0.05) is 37.3 Å². The summed E-state index contributed by atoms with van der Waals surface area (Å²) < 4.78 is 0. The third-order valence-electron chi connectivity index (χ3n) is 3.70. The second-order valence-electron chi connectivity index (χ2n) is 5.44. The number of hydrogen-bond acceptors (Lipinski definition) is 2. The van der Waals surface area contributed by atoms with Crippen LogP contribution in [0.4, 0.5) is 4.79 Å². The Hall–Kier alpha value is -2.36. The molecule has 0 bridgehead atoms. The molecule has 4 nitrogen and oxygen atoms in total. The standard InChI is InChI=1S/C18H23N3O/c1-4-15-8-10-16(11-9-15)14(2)20-18(22)21(3)13-17-7-5-6-12-19-17/h5-12,14H,4,13H2,1-3H3,(H,20,22). The van der Waals surface area contributed by atoms with Gasteiger partial charge in [-0.05, 0) is 36.6 Å². The van der Waals surface area contributed by atoms with E-state index in [4.69, 9.17) is 0 Å². The van der Waals surface area contributed by atoms with Crippen molar-refractivity contribution in [3.05, 3.63) is 65.5 Å². The fraction of sp³-hybridized carbons (Fsp3) is 0.333. The summed E-state index contributed by atoms with van der Waals surface area (Å²) in [6, 6.07) is 13.9. The Balaban J connectivity index is 1.92. The molecule has 22 heavy (non-hydrogen) atoms. The van der Waals surface area contributed by atoms with Crippen molar-refractivity contribution in [2.75, 3.05) is 7.05 Å². The second kappa shape index (κ2) is 7.59. The van der Waals surface area contributed by atoms with Gasteiger partial charge in [-0.25, -0.2) is 4.79 Å². The molecule has 1 unspecified atom stereocenters. The first-order valence-corrected chi connectivity index (χ1v) is 7.60.